The zero-order chi connectivity index (χ0) is 21.6. The molecule has 31 heavy (non-hydrogen) atoms. The molecule has 3 aromatic rings. The lowest BCUT2D eigenvalue weighted by molar-refractivity contribution is 0.0631. The van der Waals surface area contributed by atoms with Crippen molar-refractivity contribution < 1.29 is 4.79 Å². The largest absolute Gasteiger partial charge is 0.338 e. The van der Waals surface area contributed by atoms with Crippen molar-refractivity contribution in [2.75, 3.05) is 13.1 Å². The number of pyridine rings is 1. The lowest BCUT2D eigenvalue weighted by Gasteiger charge is -2.40. The molecule has 1 atom stereocenters. The minimum absolute atomic E-state index is 0.166. The Morgan fingerprint density at radius 3 is 2.74 bits per heavy atom. The topological polar surface area (TPSA) is 79.0 Å². The molecule has 0 radical (unpaired) electrons. The zero-order valence-corrected chi connectivity index (χ0v) is 17.9. The van der Waals surface area contributed by atoms with E-state index in [1.807, 2.05) is 61.3 Å². The highest BCUT2D eigenvalue weighted by atomic mass is 16.2. The Morgan fingerprint density at radius 2 is 1.97 bits per heavy atom. The van der Waals surface area contributed by atoms with E-state index in [-0.39, 0.29) is 22.4 Å². The summed E-state index contributed by atoms with van der Waals surface area (Å²) in [5.74, 6) is 0.554. The van der Waals surface area contributed by atoms with E-state index in [1.165, 1.54) is 5.56 Å². The molecule has 1 aliphatic heterocycles. The van der Waals surface area contributed by atoms with Crippen molar-refractivity contribution in [3.63, 3.8) is 0 Å². The van der Waals surface area contributed by atoms with Crippen LogP contribution in [0.25, 0.3) is 11.4 Å². The molecule has 0 saturated carbocycles. The fraction of sp³-hybridized carbons (Fsp3) is 0.360. The molecule has 1 N–H and O–H groups in total. The number of aromatic amines is 1. The number of benzene rings is 1. The fourth-order valence-electron chi connectivity index (χ4n) is 5.25. The molecule has 1 unspecified atom stereocenters. The van der Waals surface area contributed by atoms with E-state index in [2.05, 4.69) is 9.97 Å². The van der Waals surface area contributed by atoms with Gasteiger partial charge in [-0.05, 0) is 56.7 Å². The first-order valence-corrected chi connectivity index (χ1v) is 10.9. The Bertz CT molecular complexity index is 1210. The minimum atomic E-state index is -0.303. The van der Waals surface area contributed by atoms with Gasteiger partial charge in [-0.2, -0.15) is 0 Å². The average Bonchev–Trinajstić information content (AvgIpc) is 3.10. The van der Waals surface area contributed by atoms with Crippen molar-refractivity contribution in [3.8, 4) is 11.4 Å². The van der Waals surface area contributed by atoms with Crippen molar-refractivity contribution in [2.45, 2.75) is 44.9 Å². The summed E-state index contributed by atoms with van der Waals surface area (Å²) in [6, 6.07) is 11.9. The van der Waals surface area contributed by atoms with E-state index in [4.69, 9.17) is 4.98 Å². The van der Waals surface area contributed by atoms with E-state index in [1.54, 1.807) is 0 Å². The van der Waals surface area contributed by atoms with Crippen molar-refractivity contribution >= 4 is 5.91 Å². The number of nitrogens with one attached hydrogen (secondary N) is 1. The van der Waals surface area contributed by atoms with Crippen molar-refractivity contribution in [1.29, 1.82) is 0 Å². The summed E-state index contributed by atoms with van der Waals surface area (Å²) in [5, 5.41) is 0. The van der Waals surface area contributed by atoms with Crippen LogP contribution in [0.15, 0.2) is 47.4 Å². The summed E-state index contributed by atoms with van der Waals surface area (Å²) in [6.07, 6.45) is 5.74. The van der Waals surface area contributed by atoms with Gasteiger partial charge in [0.05, 0.1) is 5.69 Å². The van der Waals surface area contributed by atoms with Crippen LogP contribution in [0.2, 0.25) is 0 Å². The molecule has 1 saturated heterocycles. The lowest BCUT2D eigenvalue weighted by atomic mass is 9.77. The Morgan fingerprint density at radius 1 is 1.16 bits per heavy atom. The van der Waals surface area contributed by atoms with Gasteiger partial charge in [0, 0.05) is 36.0 Å². The molecule has 6 nitrogen and oxygen atoms in total. The van der Waals surface area contributed by atoms with Crippen molar-refractivity contribution in [2.24, 2.45) is 0 Å². The predicted molar refractivity (Wildman–Crippen MR) is 119 cm³/mol. The molecule has 1 aromatic carbocycles. The van der Waals surface area contributed by atoms with Gasteiger partial charge in [-0.15, -0.1) is 0 Å². The Balaban J connectivity index is 1.49. The number of carbonyl (C=O) groups excluding carboxylic acids is 1. The summed E-state index contributed by atoms with van der Waals surface area (Å²) >= 11 is 0. The summed E-state index contributed by atoms with van der Waals surface area (Å²) < 4.78 is 0. The van der Waals surface area contributed by atoms with Crippen LogP contribution in [0.1, 0.15) is 52.1 Å². The monoisotopic (exact) mass is 414 g/mol. The standard InChI is InChI=1S/C25H26N4O2/c1-16-13-17(2)27-23(30)20(16)24(31)29-12-6-10-25(15-29)11-9-19-14-26-22(28-21(19)25)18-7-4-3-5-8-18/h3-5,7-8,13-14H,6,9-12,15H2,1-2H3,(H,27,30). The number of hydrogen-bond acceptors (Lipinski definition) is 4. The van der Waals surface area contributed by atoms with E-state index in [9.17, 15) is 9.59 Å². The summed E-state index contributed by atoms with van der Waals surface area (Å²) in [7, 11) is 0. The Kier molecular flexibility index (Phi) is 4.73. The second kappa shape index (κ2) is 7.45. The van der Waals surface area contributed by atoms with E-state index in [0.717, 1.165) is 54.0 Å². The second-order valence-electron chi connectivity index (χ2n) is 8.88. The quantitative estimate of drug-likeness (QED) is 0.695. The van der Waals surface area contributed by atoms with Gasteiger partial charge in [0.15, 0.2) is 5.82 Å². The molecular formula is C25H26N4O2. The molecular weight excluding hydrogens is 388 g/mol. The third kappa shape index (κ3) is 3.36. The van der Waals surface area contributed by atoms with E-state index >= 15 is 0 Å². The number of rotatable bonds is 2. The van der Waals surface area contributed by atoms with Gasteiger partial charge in [-0.25, -0.2) is 9.97 Å². The van der Waals surface area contributed by atoms with Crippen LogP contribution < -0.4 is 5.56 Å². The summed E-state index contributed by atoms with van der Waals surface area (Å²) in [4.78, 5) is 40.1. The maximum atomic E-state index is 13.4. The zero-order valence-electron chi connectivity index (χ0n) is 17.9. The van der Waals surface area contributed by atoms with Gasteiger partial charge in [0.2, 0.25) is 0 Å². The van der Waals surface area contributed by atoms with Gasteiger partial charge in [-0.3, -0.25) is 9.59 Å². The Labute approximate surface area is 181 Å². The van der Waals surface area contributed by atoms with Gasteiger partial charge < -0.3 is 9.88 Å². The predicted octanol–water partition coefficient (Wildman–Crippen LogP) is 3.57. The molecule has 1 spiro atoms. The number of aryl methyl sites for hydroxylation is 3. The van der Waals surface area contributed by atoms with E-state index in [0.29, 0.717) is 13.1 Å². The van der Waals surface area contributed by atoms with Gasteiger partial charge in [-0.1, -0.05) is 30.3 Å². The highest BCUT2D eigenvalue weighted by Gasteiger charge is 2.45. The molecule has 158 valence electrons. The smallest absolute Gasteiger partial charge is 0.261 e. The number of likely N-dealkylation sites (tertiary alicyclic amines) is 1. The maximum Gasteiger partial charge on any atom is 0.261 e. The number of nitrogens with zero attached hydrogens (tertiary/aromatic N) is 3. The molecule has 6 heteroatoms. The first kappa shape index (κ1) is 19.7. The normalized spacial score (nSPS) is 20.1. The van der Waals surface area contributed by atoms with Crippen LogP contribution in [-0.4, -0.2) is 38.8 Å². The third-order valence-electron chi connectivity index (χ3n) is 6.71. The number of piperidine rings is 1. The minimum Gasteiger partial charge on any atom is -0.338 e. The Hall–Kier alpha value is -3.28. The molecule has 2 aromatic heterocycles. The second-order valence-corrected chi connectivity index (χ2v) is 8.88. The maximum absolute atomic E-state index is 13.4. The number of fused-ring (bicyclic) bond motifs is 2. The number of amides is 1. The highest BCUT2D eigenvalue weighted by Crippen LogP contribution is 2.44. The average molecular weight is 415 g/mol. The summed E-state index contributed by atoms with van der Waals surface area (Å²) in [6.45, 7) is 4.92. The van der Waals surface area contributed by atoms with Crippen molar-refractivity contribution in [1.82, 2.24) is 19.9 Å². The molecule has 1 aliphatic carbocycles. The summed E-state index contributed by atoms with van der Waals surface area (Å²) in [5.41, 5.74) is 4.54. The van der Waals surface area contributed by atoms with Crippen LogP contribution in [0, 0.1) is 13.8 Å². The molecule has 1 fully saturated rings. The highest BCUT2D eigenvalue weighted by molar-refractivity contribution is 5.95. The lowest BCUT2D eigenvalue weighted by Crippen LogP contribution is -2.49. The fourth-order valence-corrected chi connectivity index (χ4v) is 5.25. The van der Waals surface area contributed by atoms with Crippen molar-refractivity contribution in [3.05, 3.63) is 81.0 Å². The van der Waals surface area contributed by atoms with Crippen LogP contribution >= 0.6 is 0 Å². The molecule has 1 amide bonds. The van der Waals surface area contributed by atoms with Gasteiger partial charge >= 0.3 is 0 Å². The van der Waals surface area contributed by atoms with Crippen LogP contribution in [0.3, 0.4) is 0 Å². The number of H-pyrrole nitrogens is 1. The first-order valence-electron chi connectivity index (χ1n) is 10.9. The van der Waals surface area contributed by atoms with Crippen LogP contribution in [0.4, 0.5) is 0 Å². The van der Waals surface area contributed by atoms with Crippen LogP contribution in [-0.2, 0) is 11.8 Å². The van der Waals surface area contributed by atoms with Gasteiger partial charge in [0.1, 0.15) is 5.56 Å². The third-order valence-corrected chi connectivity index (χ3v) is 6.71. The molecule has 5 rings (SSSR count). The molecule has 3 heterocycles. The molecule has 0 bridgehead atoms. The van der Waals surface area contributed by atoms with Gasteiger partial charge in [0.25, 0.3) is 11.5 Å². The van der Waals surface area contributed by atoms with Crippen LogP contribution in [0.5, 0.6) is 0 Å². The SMILES string of the molecule is Cc1cc(C)c(C(=O)N2CCCC3(CCc4cnc(-c5ccccc5)nc43)C2)c(=O)[nH]1. The number of hydrogen-bond donors (Lipinski definition) is 1. The first-order chi connectivity index (χ1) is 15.0. The number of aromatic nitrogens is 3. The molecule has 2 aliphatic rings. The van der Waals surface area contributed by atoms with E-state index < -0.39 is 0 Å². The number of carbonyl (C=O) groups is 1.